The van der Waals surface area contributed by atoms with E-state index in [0.717, 1.165) is 19.3 Å². The maximum atomic E-state index is 10.9. The molecule has 1 rings (SSSR count). The van der Waals surface area contributed by atoms with Crippen molar-refractivity contribution in [3.05, 3.63) is 24.5 Å². The Morgan fingerprint density at radius 1 is 1.15 bits per heavy atom. The van der Waals surface area contributed by atoms with Crippen LogP contribution in [0.1, 0.15) is 0 Å². The molecule has 0 saturated carbocycles. The summed E-state index contributed by atoms with van der Waals surface area (Å²) in [6.45, 7) is 2.40. The maximum absolute atomic E-state index is 10.9. The lowest BCUT2D eigenvalue weighted by molar-refractivity contribution is 0.586. The lowest BCUT2D eigenvalue weighted by Crippen LogP contribution is -2.42. The highest BCUT2D eigenvalue weighted by atomic mass is 127. The van der Waals surface area contributed by atoms with E-state index in [1.165, 1.54) is 0 Å². The van der Waals surface area contributed by atoms with E-state index in [0.29, 0.717) is 19.0 Å². The summed E-state index contributed by atoms with van der Waals surface area (Å²) in [5, 5.41) is 6.17. The minimum Gasteiger partial charge on any atom is -0.355 e. The Bertz CT molecular complexity index is 487. The molecule has 0 atom stereocenters. The van der Waals surface area contributed by atoms with Crippen LogP contribution in [0.3, 0.4) is 0 Å². The number of hydrogen-bond acceptors (Lipinski definition) is 3. The van der Waals surface area contributed by atoms with Gasteiger partial charge in [0.25, 0.3) is 0 Å². The summed E-state index contributed by atoms with van der Waals surface area (Å²) in [4.78, 5) is 4.05. The van der Waals surface area contributed by atoms with Crippen molar-refractivity contribution in [2.45, 2.75) is 6.54 Å². The van der Waals surface area contributed by atoms with Crippen LogP contribution in [0.2, 0.25) is 0 Å². The first-order valence-electron chi connectivity index (χ1n) is 6.01. The molecular formula is C11H22IN5O2S. The molecule has 7 nitrogen and oxygen atoms in total. The fourth-order valence-electron chi connectivity index (χ4n) is 1.46. The Balaban J connectivity index is 0.00000361. The lowest BCUT2D eigenvalue weighted by atomic mass is 10.6. The van der Waals surface area contributed by atoms with E-state index in [1.54, 1.807) is 7.05 Å². The molecule has 0 fully saturated rings. The quantitative estimate of drug-likeness (QED) is 0.250. The van der Waals surface area contributed by atoms with E-state index in [1.807, 2.05) is 24.5 Å². The predicted octanol–water partition coefficient (Wildman–Crippen LogP) is -0.180. The molecule has 0 aliphatic rings. The van der Waals surface area contributed by atoms with Gasteiger partial charge >= 0.3 is 0 Å². The number of nitrogens with zero attached hydrogens (tertiary/aromatic N) is 2. The van der Waals surface area contributed by atoms with Gasteiger partial charge in [-0.2, -0.15) is 0 Å². The van der Waals surface area contributed by atoms with Crippen LogP contribution in [0.4, 0.5) is 0 Å². The van der Waals surface area contributed by atoms with Gasteiger partial charge in [-0.25, -0.2) is 13.1 Å². The van der Waals surface area contributed by atoms with Crippen LogP contribution in [0.25, 0.3) is 0 Å². The number of halogens is 1. The molecule has 0 saturated heterocycles. The second kappa shape index (κ2) is 10.00. The highest BCUT2D eigenvalue weighted by Gasteiger charge is 2.00. The standard InChI is InChI=1S/C11H21N5O2S.HI/c1-12-11(13-5-6-15-19(2,17)18)14-7-10-16-8-3-4-9-16;/h3-4,8-9,15H,5-7,10H2,1-2H3,(H2,12,13,14);1H. The highest BCUT2D eigenvalue weighted by Crippen LogP contribution is 1.87. The molecular weight excluding hydrogens is 393 g/mol. The molecule has 20 heavy (non-hydrogen) atoms. The van der Waals surface area contributed by atoms with Gasteiger partial charge in [0.1, 0.15) is 0 Å². The molecule has 9 heteroatoms. The summed E-state index contributed by atoms with van der Waals surface area (Å²) in [7, 11) is -1.45. The maximum Gasteiger partial charge on any atom is 0.208 e. The summed E-state index contributed by atoms with van der Waals surface area (Å²) in [6, 6.07) is 3.95. The molecule has 0 unspecified atom stereocenters. The number of aliphatic imine (C=N–C) groups is 1. The molecule has 0 aliphatic carbocycles. The first-order valence-corrected chi connectivity index (χ1v) is 7.90. The van der Waals surface area contributed by atoms with E-state index >= 15 is 0 Å². The number of aromatic nitrogens is 1. The van der Waals surface area contributed by atoms with Gasteiger partial charge in [-0.05, 0) is 12.1 Å². The number of nitrogens with one attached hydrogen (secondary N) is 3. The van der Waals surface area contributed by atoms with Crippen molar-refractivity contribution >= 4 is 40.0 Å². The van der Waals surface area contributed by atoms with Crippen molar-refractivity contribution in [1.82, 2.24) is 19.9 Å². The molecule has 0 aromatic carbocycles. The van der Waals surface area contributed by atoms with Crippen molar-refractivity contribution in [3.63, 3.8) is 0 Å². The van der Waals surface area contributed by atoms with Gasteiger partial charge in [0.05, 0.1) is 6.26 Å². The first-order chi connectivity index (χ1) is 9.01. The van der Waals surface area contributed by atoms with Gasteiger partial charge in [-0.15, -0.1) is 24.0 Å². The zero-order valence-corrected chi connectivity index (χ0v) is 14.8. The molecule has 0 amide bonds. The number of hydrogen-bond donors (Lipinski definition) is 3. The Kier molecular flexibility index (Phi) is 9.59. The third-order valence-electron chi connectivity index (χ3n) is 2.33. The summed E-state index contributed by atoms with van der Waals surface area (Å²) >= 11 is 0. The second-order valence-electron chi connectivity index (χ2n) is 4.01. The van der Waals surface area contributed by atoms with Gasteiger partial charge in [0.15, 0.2) is 5.96 Å². The van der Waals surface area contributed by atoms with Gasteiger partial charge in [-0.3, -0.25) is 4.99 Å². The summed E-state index contributed by atoms with van der Waals surface area (Å²) in [5.74, 6) is 0.655. The molecule has 1 aromatic rings. The molecule has 3 N–H and O–H groups in total. The molecule has 1 aromatic heterocycles. The minimum atomic E-state index is -3.13. The van der Waals surface area contributed by atoms with Crippen LogP contribution in [0, 0.1) is 0 Å². The second-order valence-corrected chi connectivity index (χ2v) is 5.85. The molecule has 0 bridgehead atoms. The Morgan fingerprint density at radius 3 is 2.30 bits per heavy atom. The average molecular weight is 415 g/mol. The third kappa shape index (κ3) is 9.15. The van der Waals surface area contributed by atoms with E-state index in [-0.39, 0.29) is 24.0 Å². The van der Waals surface area contributed by atoms with Crippen LogP contribution < -0.4 is 15.4 Å². The normalized spacial score (nSPS) is 11.8. The number of rotatable bonds is 7. The first kappa shape index (κ1) is 19.2. The largest absolute Gasteiger partial charge is 0.355 e. The molecule has 1 heterocycles. The van der Waals surface area contributed by atoms with Crippen molar-refractivity contribution in [2.24, 2.45) is 4.99 Å². The minimum absolute atomic E-state index is 0. The SMILES string of the molecule is CN=C(NCCNS(C)(=O)=O)NCCn1cccc1.I. The number of sulfonamides is 1. The Hall–Kier alpha value is -0.810. The topological polar surface area (TPSA) is 87.5 Å². The highest BCUT2D eigenvalue weighted by molar-refractivity contribution is 14.0. The van der Waals surface area contributed by atoms with Crippen molar-refractivity contribution in [3.8, 4) is 0 Å². The van der Waals surface area contributed by atoms with Crippen LogP contribution in [0.15, 0.2) is 29.5 Å². The van der Waals surface area contributed by atoms with Gasteiger partial charge < -0.3 is 15.2 Å². The van der Waals surface area contributed by atoms with E-state index in [2.05, 4.69) is 24.9 Å². The van der Waals surface area contributed by atoms with Crippen molar-refractivity contribution in [2.75, 3.05) is 32.9 Å². The number of guanidine groups is 1. The average Bonchev–Trinajstić information content (AvgIpc) is 2.84. The molecule has 0 radical (unpaired) electrons. The van der Waals surface area contributed by atoms with Crippen LogP contribution in [-0.4, -0.2) is 51.9 Å². The van der Waals surface area contributed by atoms with Crippen LogP contribution in [-0.2, 0) is 16.6 Å². The molecule has 0 spiro atoms. The van der Waals surface area contributed by atoms with Crippen molar-refractivity contribution < 1.29 is 8.42 Å². The van der Waals surface area contributed by atoms with Gasteiger partial charge in [0, 0.05) is 45.6 Å². The monoisotopic (exact) mass is 415 g/mol. The fourth-order valence-corrected chi connectivity index (χ4v) is 1.93. The smallest absolute Gasteiger partial charge is 0.208 e. The van der Waals surface area contributed by atoms with Crippen LogP contribution >= 0.6 is 24.0 Å². The third-order valence-corrected chi connectivity index (χ3v) is 3.06. The van der Waals surface area contributed by atoms with E-state index < -0.39 is 10.0 Å². The van der Waals surface area contributed by atoms with E-state index in [4.69, 9.17) is 0 Å². The summed E-state index contributed by atoms with van der Waals surface area (Å²) < 4.78 is 26.2. The lowest BCUT2D eigenvalue weighted by Gasteiger charge is -2.12. The summed E-state index contributed by atoms with van der Waals surface area (Å²) in [6.07, 6.45) is 5.12. The molecule has 0 aliphatic heterocycles. The zero-order valence-electron chi connectivity index (χ0n) is 11.7. The Labute approximate surface area is 137 Å². The van der Waals surface area contributed by atoms with Crippen LogP contribution in [0.5, 0.6) is 0 Å². The van der Waals surface area contributed by atoms with E-state index in [9.17, 15) is 8.42 Å². The Morgan fingerprint density at radius 2 is 1.75 bits per heavy atom. The zero-order chi connectivity index (χ0) is 14.1. The fraction of sp³-hybridized carbons (Fsp3) is 0.545. The van der Waals surface area contributed by atoms with Gasteiger partial charge in [0.2, 0.25) is 10.0 Å². The predicted molar refractivity (Wildman–Crippen MR) is 92.1 cm³/mol. The van der Waals surface area contributed by atoms with Gasteiger partial charge in [-0.1, -0.05) is 0 Å². The molecule has 116 valence electrons. The van der Waals surface area contributed by atoms with Crippen molar-refractivity contribution in [1.29, 1.82) is 0 Å². The summed E-state index contributed by atoms with van der Waals surface area (Å²) in [5.41, 5.74) is 0.